The maximum Gasteiger partial charge on any atom is 0.175 e. The maximum atomic E-state index is 7.49. The van der Waals surface area contributed by atoms with E-state index in [1.165, 1.54) is 17.5 Å². The van der Waals surface area contributed by atoms with Crippen molar-refractivity contribution < 1.29 is 9.47 Å². The molecule has 0 aliphatic carbocycles. The molecule has 3 aliphatic rings. The topological polar surface area (TPSA) is 34.6 Å². The average Bonchev–Trinajstić information content (AvgIpc) is 2.97. The number of ether oxygens (including phenoxy) is 2. The lowest BCUT2D eigenvalue weighted by atomic mass is 9.66. The highest BCUT2D eigenvalue weighted by atomic mass is 16.5. The van der Waals surface area contributed by atoms with E-state index in [9.17, 15) is 0 Å². The van der Waals surface area contributed by atoms with Crippen LogP contribution in [-0.2, 0) is 5.60 Å². The summed E-state index contributed by atoms with van der Waals surface area (Å²) >= 11 is 0. The van der Waals surface area contributed by atoms with E-state index in [1.54, 1.807) is 7.11 Å². The Labute approximate surface area is 225 Å². The largest absolute Gasteiger partial charge is 0.497 e. The van der Waals surface area contributed by atoms with Crippen LogP contribution in [0, 0.1) is 25.7 Å². The summed E-state index contributed by atoms with van der Waals surface area (Å²) in [6, 6.07) is 25.6. The SMILES string of the molecule is C=C[C@H]1CN2CC[C@H]1C[C@@H]2[C@](Oc1ccccc1C)(c1ccccc1C)c1ccnc2ccc(OC)cc12. The van der Waals surface area contributed by atoms with Gasteiger partial charge in [-0.25, -0.2) is 0 Å². The molecule has 3 saturated heterocycles. The average molecular weight is 505 g/mol. The van der Waals surface area contributed by atoms with Crippen molar-refractivity contribution in [3.05, 3.63) is 114 Å². The Morgan fingerprint density at radius 3 is 2.47 bits per heavy atom. The predicted octanol–water partition coefficient (Wildman–Crippen LogP) is 7.08. The van der Waals surface area contributed by atoms with Crippen LogP contribution < -0.4 is 9.47 Å². The van der Waals surface area contributed by atoms with Gasteiger partial charge in [-0.15, -0.1) is 6.58 Å². The second kappa shape index (κ2) is 9.92. The fourth-order valence-electron chi connectivity index (χ4n) is 6.85. The van der Waals surface area contributed by atoms with Gasteiger partial charge in [0.15, 0.2) is 5.60 Å². The molecular weight excluding hydrogens is 468 g/mol. The van der Waals surface area contributed by atoms with Gasteiger partial charge in [0.05, 0.1) is 18.7 Å². The molecule has 0 amide bonds. The quantitative estimate of drug-likeness (QED) is 0.252. The van der Waals surface area contributed by atoms with Crippen LogP contribution in [0.3, 0.4) is 0 Å². The summed E-state index contributed by atoms with van der Waals surface area (Å²) in [5.74, 6) is 2.83. The van der Waals surface area contributed by atoms with Gasteiger partial charge in [-0.1, -0.05) is 48.5 Å². The number of nitrogens with zero attached hydrogens (tertiary/aromatic N) is 2. The third kappa shape index (κ3) is 3.99. The minimum absolute atomic E-state index is 0.148. The maximum absolute atomic E-state index is 7.49. The Hall–Kier alpha value is -3.63. The number of pyridine rings is 1. The van der Waals surface area contributed by atoms with Crippen LogP contribution in [0.25, 0.3) is 10.9 Å². The van der Waals surface area contributed by atoms with Gasteiger partial charge >= 0.3 is 0 Å². The van der Waals surface area contributed by atoms with Crippen molar-refractivity contribution in [3.8, 4) is 11.5 Å². The first-order valence-electron chi connectivity index (χ1n) is 13.7. The van der Waals surface area contributed by atoms with Gasteiger partial charge in [0.25, 0.3) is 0 Å². The Morgan fingerprint density at radius 2 is 1.76 bits per heavy atom. The van der Waals surface area contributed by atoms with Crippen molar-refractivity contribution in [1.82, 2.24) is 9.88 Å². The van der Waals surface area contributed by atoms with Gasteiger partial charge < -0.3 is 9.47 Å². The molecule has 0 N–H and O–H groups in total. The summed E-state index contributed by atoms with van der Waals surface area (Å²) in [6.07, 6.45) is 6.34. The third-order valence-electron chi connectivity index (χ3n) is 8.84. The van der Waals surface area contributed by atoms with Crippen molar-refractivity contribution in [2.75, 3.05) is 20.2 Å². The number of methoxy groups -OCH3 is 1. The molecule has 3 fully saturated rings. The molecule has 0 saturated carbocycles. The molecule has 5 atom stereocenters. The monoisotopic (exact) mass is 504 g/mol. The zero-order chi connectivity index (χ0) is 26.3. The zero-order valence-corrected chi connectivity index (χ0v) is 22.6. The Bertz CT molecular complexity index is 1480. The number of rotatable bonds is 7. The van der Waals surface area contributed by atoms with E-state index in [2.05, 4.69) is 98.1 Å². The van der Waals surface area contributed by atoms with E-state index in [1.807, 2.05) is 12.3 Å². The second-order valence-corrected chi connectivity index (χ2v) is 10.9. The van der Waals surface area contributed by atoms with Crippen LogP contribution in [0.4, 0.5) is 0 Å². The third-order valence-corrected chi connectivity index (χ3v) is 8.84. The first kappa shape index (κ1) is 24.7. The van der Waals surface area contributed by atoms with Crippen LogP contribution in [0.15, 0.2) is 91.6 Å². The molecule has 194 valence electrons. The van der Waals surface area contributed by atoms with Crippen molar-refractivity contribution >= 4 is 10.9 Å². The number of para-hydroxylation sites is 1. The summed E-state index contributed by atoms with van der Waals surface area (Å²) in [5.41, 5.74) is 4.86. The Balaban J connectivity index is 1.69. The van der Waals surface area contributed by atoms with Crippen molar-refractivity contribution in [2.45, 2.75) is 38.3 Å². The molecule has 0 spiro atoms. The molecule has 3 aromatic carbocycles. The second-order valence-electron chi connectivity index (χ2n) is 10.9. The van der Waals surface area contributed by atoms with Crippen molar-refractivity contribution in [1.29, 1.82) is 0 Å². The fraction of sp³-hybridized carbons (Fsp3) is 0.324. The van der Waals surface area contributed by atoms with Gasteiger partial charge in [-0.3, -0.25) is 9.88 Å². The molecule has 0 radical (unpaired) electrons. The molecule has 4 nitrogen and oxygen atoms in total. The van der Waals surface area contributed by atoms with Gasteiger partial charge in [0.2, 0.25) is 0 Å². The number of aromatic nitrogens is 1. The molecular formula is C34H36N2O2. The summed E-state index contributed by atoms with van der Waals surface area (Å²) in [4.78, 5) is 7.41. The smallest absolute Gasteiger partial charge is 0.175 e. The van der Waals surface area contributed by atoms with E-state index >= 15 is 0 Å². The van der Waals surface area contributed by atoms with Crippen LogP contribution in [0.5, 0.6) is 11.5 Å². The summed E-state index contributed by atoms with van der Waals surface area (Å²) in [7, 11) is 1.72. The first-order valence-corrected chi connectivity index (χ1v) is 13.7. The van der Waals surface area contributed by atoms with E-state index < -0.39 is 5.60 Å². The van der Waals surface area contributed by atoms with Crippen molar-refractivity contribution in [3.63, 3.8) is 0 Å². The van der Waals surface area contributed by atoms with E-state index in [-0.39, 0.29) is 6.04 Å². The van der Waals surface area contributed by atoms with Crippen LogP contribution in [0.1, 0.15) is 35.1 Å². The Kier molecular flexibility index (Phi) is 6.45. The predicted molar refractivity (Wildman–Crippen MR) is 154 cm³/mol. The standard InChI is InChI=1S/C34H36N2O2/c1-5-25-22-36-19-17-26(25)20-33(36)34(29-12-8-6-10-23(29)2,38-32-13-9-7-11-24(32)3)30-16-18-35-31-15-14-27(37-4)21-28(30)31/h5-16,18,21,25-26,33H,1,17,19-20,22H2,2-4H3/t25-,26-,33+,34-/m0/s1. The minimum Gasteiger partial charge on any atom is -0.497 e. The molecule has 4 heteroatoms. The van der Waals surface area contributed by atoms with Crippen LogP contribution in [-0.4, -0.2) is 36.1 Å². The van der Waals surface area contributed by atoms with E-state index in [0.717, 1.165) is 53.0 Å². The van der Waals surface area contributed by atoms with Crippen LogP contribution in [0.2, 0.25) is 0 Å². The van der Waals surface area contributed by atoms with Crippen LogP contribution >= 0.6 is 0 Å². The first-order chi connectivity index (χ1) is 18.5. The molecule has 4 heterocycles. The van der Waals surface area contributed by atoms with Gasteiger partial charge in [0.1, 0.15) is 11.5 Å². The minimum atomic E-state index is -0.754. The Morgan fingerprint density at radius 1 is 0.974 bits per heavy atom. The number of hydrogen-bond acceptors (Lipinski definition) is 4. The van der Waals surface area contributed by atoms with Crippen molar-refractivity contribution in [2.24, 2.45) is 11.8 Å². The molecule has 1 unspecified atom stereocenters. The molecule has 1 aromatic heterocycles. The molecule has 38 heavy (non-hydrogen) atoms. The molecule has 2 bridgehead atoms. The highest BCUT2D eigenvalue weighted by molar-refractivity contribution is 5.85. The summed E-state index contributed by atoms with van der Waals surface area (Å²) < 4.78 is 13.2. The number of fused-ring (bicyclic) bond motifs is 4. The number of hydrogen-bond donors (Lipinski definition) is 0. The summed E-state index contributed by atoms with van der Waals surface area (Å²) in [5, 5.41) is 1.06. The van der Waals surface area contributed by atoms with E-state index in [4.69, 9.17) is 14.5 Å². The fourth-order valence-corrected chi connectivity index (χ4v) is 6.85. The lowest BCUT2D eigenvalue weighted by Crippen LogP contribution is -2.63. The van der Waals surface area contributed by atoms with E-state index in [0.29, 0.717) is 11.8 Å². The van der Waals surface area contributed by atoms with Gasteiger partial charge in [-0.05, 0) is 86.5 Å². The lowest BCUT2D eigenvalue weighted by Gasteiger charge is -2.56. The number of aryl methyl sites for hydroxylation is 2. The normalized spacial score (nSPS) is 24.1. The lowest BCUT2D eigenvalue weighted by molar-refractivity contribution is -0.0744. The zero-order valence-electron chi connectivity index (χ0n) is 22.6. The van der Waals surface area contributed by atoms with Gasteiger partial charge in [-0.2, -0.15) is 0 Å². The number of benzene rings is 3. The molecule has 4 aromatic rings. The molecule has 7 rings (SSSR count). The molecule has 3 aliphatic heterocycles. The summed E-state index contributed by atoms with van der Waals surface area (Å²) in [6.45, 7) is 10.6. The number of piperidine rings is 3. The highest BCUT2D eigenvalue weighted by Gasteiger charge is 2.54. The van der Waals surface area contributed by atoms with Gasteiger partial charge in [0, 0.05) is 29.3 Å². The highest BCUT2D eigenvalue weighted by Crippen LogP contribution is 2.51.